The molecule has 0 aromatic carbocycles. The van der Waals surface area contributed by atoms with Gasteiger partial charge in [-0.15, -0.1) is 0 Å². The molecule has 0 radical (unpaired) electrons. The van der Waals surface area contributed by atoms with E-state index in [1.54, 1.807) is 0 Å². The molecule has 1 aliphatic heterocycles. The zero-order chi connectivity index (χ0) is 16.1. The third-order valence-electron chi connectivity index (χ3n) is 4.10. The van der Waals surface area contributed by atoms with Crippen molar-refractivity contribution in [2.24, 2.45) is 5.73 Å². The van der Waals surface area contributed by atoms with Crippen molar-refractivity contribution in [3.05, 3.63) is 41.4 Å². The number of anilines is 1. The summed E-state index contributed by atoms with van der Waals surface area (Å²) in [5, 5.41) is 18.7. The molecule has 0 amide bonds. The standard InChI is InChI=1S/C16H21N7/c17-7-12-8-20-16(10-19-12)23-15-6-14(13(18)9-21-15)22-11-4-2-1-3-5-11/h6,8,10-11,21-22H,1-5,9,18H2,(H,20,23). The van der Waals surface area contributed by atoms with Crippen LogP contribution < -0.4 is 21.7 Å². The van der Waals surface area contributed by atoms with Crippen molar-refractivity contribution in [2.75, 3.05) is 11.9 Å². The van der Waals surface area contributed by atoms with Gasteiger partial charge in [0.15, 0.2) is 5.69 Å². The molecule has 2 heterocycles. The number of rotatable bonds is 4. The van der Waals surface area contributed by atoms with E-state index < -0.39 is 0 Å². The van der Waals surface area contributed by atoms with Crippen molar-refractivity contribution < 1.29 is 0 Å². The van der Waals surface area contributed by atoms with Crippen molar-refractivity contribution in [3.8, 4) is 6.07 Å². The van der Waals surface area contributed by atoms with Crippen LogP contribution >= 0.6 is 0 Å². The summed E-state index contributed by atoms with van der Waals surface area (Å²) < 4.78 is 0. The Morgan fingerprint density at radius 1 is 1.22 bits per heavy atom. The Morgan fingerprint density at radius 3 is 2.74 bits per heavy atom. The van der Waals surface area contributed by atoms with E-state index in [-0.39, 0.29) is 0 Å². The first-order valence-corrected chi connectivity index (χ1v) is 7.94. The zero-order valence-corrected chi connectivity index (χ0v) is 13.0. The number of nitrogens with zero attached hydrogens (tertiary/aromatic N) is 3. The summed E-state index contributed by atoms with van der Waals surface area (Å²) in [7, 11) is 0. The number of hydrogen-bond acceptors (Lipinski definition) is 7. The molecular weight excluding hydrogens is 290 g/mol. The summed E-state index contributed by atoms with van der Waals surface area (Å²) >= 11 is 0. The monoisotopic (exact) mass is 311 g/mol. The van der Waals surface area contributed by atoms with Crippen LogP contribution in [0.2, 0.25) is 0 Å². The lowest BCUT2D eigenvalue weighted by atomic mass is 9.95. The van der Waals surface area contributed by atoms with E-state index in [0.717, 1.165) is 17.2 Å². The molecule has 0 spiro atoms. The molecule has 1 aromatic heterocycles. The molecule has 3 rings (SSSR count). The molecule has 0 bridgehead atoms. The Bertz CT molecular complexity index is 648. The summed E-state index contributed by atoms with van der Waals surface area (Å²) in [6, 6.07) is 2.45. The van der Waals surface area contributed by atoms with Crippen molar-refractivity contribution in [1.82, 2.24) is 20.6 Å². The van der Waals surface area contributed by atoms with Gasteiger partial charge in [-0.2, -0.15) is 5.26 Å². The van der Waals surface area contributed by atoms with Crippen LogP contribution in [-0.4, -0.2) is 22.6 Å². The van der Waals surface area contributed by atoms with Gasteiger partial charge < -0.3 is 21.7 Å². The maximum Gasteiger partial charge on any atom is 0.158 e. The van der Waals surface area contributed by atoms with Crippen LogP contribution in [0.5, 0.6) is 0 Å². The molecule has 2 aliphatic rings. The molecule has 5 N–H and O–H groups in total. The minimum atomic E-state index is 0.296. The van der Waals surface area contributed by atoms with E-state index in [9.17, 15) is 0 Å². The SMILES string of the molecule is N#Cc1cnc(NC2=CC(NC3CCCCC3)=C(N)CN2)cn1. The third kappa shape index (κ3) is 3.92. The second-order valence-electron chi connectivity index (χ2n) is 5.85. The minimum Gasteiger partial charge on any atom is -0.399 e. The molecule has 7 heteroatoms. The van der Waals surface area contributed by atoms with E-state index in [1.165, 1.54) is 44.5 Å². The Hall–Kier alpha value is -2.75. The number of aromatic nitrogens is 2. The van der Waals surface area contributed by atoms with E-state index >= 15 is 0 Å². The summed E-state index contributed by atoms with van der Waals surface area (Å²) in [6.07, 6.45) is 11.2. The number of allylic oxidation sites excluding steroid dienone is 1. The quantitative estimate of drug-likeness (QED) is 0.663. The number of nitrogens with two attached hydrogens (primary N) is 1. The van der Waals surface area contributed by atoms with Crippen molar-refractivity contribution in [1.29, 1.82) is 5.26 Å². The van der Waals surface area contributed by atoms with Crippen molar-refractivity contribution >= 4 is 5.82 Å². The average molecular weight is 311 g/mol. The van der Waals surface area contributed by atoms with E-state index in [2.05, 4.69) is 25.9 Å². The fourth-order valence-corrected chi connectivity index (χ4v) is 2.84. The van der Waals surface area contributed by atoms with E-state index in [0.29, 0.717) is 24.1 Å². The highest BCUT2D eigenvalue weighted by molar-refractivity contribution is 5.44. The number of dihydropyridines is 1. The number of hydrogen-bond donors (Lipinski definition) is 4. The van der Waals surface area contributed by atoms with Gasteiger partial charge in [-0.1, -0.05) is 19.3 Å². The first-order valence-electron chi connectivity index (χ1n) is 7.94. The predicted octanol–water partition coefficient (Wildman–Crippen LogP) is 1.30. The van der Waals surface area contributed by atoms with Gasteiger partial charge in [0.25, 0.3) is 0 Å². The second-order valence-corrected chi connectivity index (χ2v) is 5.85. The number of nitrogens with one attached hydrogen (secondary N) is 3. The smallest absolute Gasteiger partial charge is 0.158 e. The Labute approximate surface area is 135 Å². The average Bonchev–Trinajstić information content (AvgIpc) is 2.59. The summed E-state index contributed by atoms with van der Waals surface area (Å²) in [6.45, 7) is 0.581. The zero-order valence-electron chi connectivity index (χ0n) is 13.0. The van der Waals surface area contributed by atoms with Crippen LogP contribution in [-0.2, 0) is 0 Å². The van der Waals surface area contributed by atoms with Gasteiger partial charge in [0, 0.05) is 12.1 Å². The summed E-state index contributed by atoms with van der Waals surface area (Å²) in [5.41, 5.74) is 8.19. The molecule has 1 saturated carbocycles. The van der Waals surface area contributed by atoms with Gasteiger partial charge in [0.05, 0.1) is 30.3 Å². The molecule has 7 nitrogen and oxygen atoms in total. The summed E-state index contributed by atoms with van der Waals surface area (Å²) in [5.74, 6) is 1.40. The molecule has 0 saturated heterocycles. The third-order valence-corrected chi connectivity index (χ3v) is 4.10. The van der Waals surface area contributed by atoms with Crippen LogP contribution in [0.1, 0.15) is 37.8 Å². The Kier molecular flexibility index (Phi) is 4.62. The van der Waals surface area contributed by atoms with Crippen molar-refractivity contribution in [2.45, 2.75) is 38.1 Å². The lowest BCUT2D eigenvalue weighted by molar-refractivity contribution is 0.397. The largest absolute Gasteiger partial charge is 0.399 e. The highest BCUT2D eigenvalue weighted by Gasteiger charge is 2.17. The van der Waals surface area contributed by atoms with Crippen LogP contribution in [0.25, 0.3) is 0 Å². The van der Waals surface area contributed by atoms with E-state index in [1.807, 2.05) is 12.1 Å². The van der Waals surface area contributed by atoms with Crippen LogP contribution in [0.4, 0.5) is 5.82 Å². The van der Waals surface area contributed by atoms with Crippen molar-refractivity contribution in [3.63, 3.8) is 0 Å². The maximum absolute atomic E-state index is 8.74. The fraction of sp³-hybridized carbons (Fsp3) is 0.438. The first kappa shape index (κ1) is 15.2. The lowest BCUT2D eigenvalue weighted by Gasteiger charge is -2.28. The lowest BCUT2D eigenvalue weighted by Crippen LogP contribution is -2.37. The molecule has 0 unspecified atom stereocenters. The van der Waals surface area contributed by atoms with Gasteiger partial charge in [0.1, 0.15) is 17.7 Å². The van der Waals surface area contributed by atoms with Gasteiger partial charge in [-0.05, 0) is 12.8 Å². The first-order chi connectivity index (χ1) is 11.2. The normalized spacial score (nSPS) is 18.7. The van der Waals surface area contributed by atoms with Gasteiger partial charge in [-0.3, -0.25) is 0 Å². The Morgan fingerprint density at radius 2 is 2.04 bits per heavy atom. The topological polar surface area (TPSA) is 112 Å². The maximum atomic E-state index is 8.74. The van der Waals surface area contributed by atoms with Gasteiger partial charge in [-0.25, -0.2) is 9.97 Å². The molecule has 1 aromatic rings. The fourth-order valence-electron chi connectivity index (χ4n) is 2.84. The predicted molar refractivity (Wildman–Crippen MR) is 87.7 cm³/mol. The Balaban J connectivity index is 1.67. The highest BCUT2D eigenvalue weighted by Crippen LogP contribution is 2.20. The molecule has 0 atom stereocenters. The van der Waals surface area contributed by atoms with Gasteiger partial charge in [0.2, 0.25) is 0 Å². The van der Waals surface area contributed by atoms with E-state index in [4.69, 9.17) is 11.0 Å². The minimum absolute atomic E-state index is 0.296. The molecule has 1 aliphatic carbocycles. The van der Waals surface area contributed by atoms with Gasteiger partial charge >= 0.3 is 0 Å². The molecular formula is C16H21N7. The van der Waals surface area contributed by atoms with Crippen LogP contribution in [0.15, 0.2) is 35.7 Å². The molecule has 120 valence electrons. The number of nitriles is 1. The van der Waals surface area contributed by atoms with Crippen LogP contribution in [0.3, 0.4) is 0 Å². The summed E-state index contributed by atoms with van der Waals surface area (Å²) in [4.78, 5) is 8.16. The highest BCUT2D eigenvalue weighted by atomic mass is 15.2. The molecule has 23 heavy (non-hydrogen) atoms. The van der Waals surface area contributed by atoms with Crippen LogP contribution in [0, 0.1) is 11.3 Å². The molecule has 1 fully saturated rings. The second kappa shape index (κ2) is 7.01.